The van der Waals surface area contributed by atoms with Crippen molar-refractivity contribution in [2.45, 2.75) is 39.3 Å². The van der Waals surface area contributed by atoms with Gasteiger partial charge in [-0.1, -0.05) is 24.3 Å². The number of fused-ring (bicyclic) bond motifs is 1. The second kappa shape index (κ2) is 7.26. The average molecular weight is 413 g/mol. The summed E-state index contributed by atoms with van der Waals surface area (Å²) in [5.74, 6) is -0.190. The van der Waals surface area contributed by atoms with E-state index in [9.17, 15) is 13.2 Å². The average Bonchev–Trinajstić information content (AvgIpc) is 3.24. The number of benzene rings is 1. The number of hydrogen-bond acceptors (Lipinski definition) is 5. The van der Waals surface area contributed by atoms with Gasteiger partial charge in [0.1, 0.15) is 0 Å². The minimum Gasteiger partial charge on any atom is -0.348 e. The molecule has 1 saturated heterocycles. The SMILES string of the molecule is Cc1ccccc1-c1cc(C(=O)NC2CCS(=O)(=O)C2)c2cnn(C(C)C)c2n1. The van der Waals surface area contributed by atoms with Crippen molar-refractivity contribution in [3.63, 3.8) is 0 Å². The first-order valence-corrected chi connectivity index (χ1v) is 11.5. The number of carbonyl (C=O) groups is 1. The van der Waals surface area contributed by atoms with Crippen LogP contribution in [0.2, 0.25) is 0 Å². The summed E-state index contributed by atoms with van der Waals surface area (Å²) in [6.45, 7) is 6.03. The molecule has 3 aromatic rings. The summed E-state index contributed by atoms with van der Waals surface area (Å²) in [6.07, 6.45) is 2.10. The number of nitrogens with zero attached hydrogens (tertiary/aromatic N) is 3. The molecular weight excluding hydrogens is 388 g/mol. The van der Waals surface area contributed by atoms with Gasteiger partial charge in [0.15, 0.2) is 15.5 Å². The van der Waals surface area contributed by atoms with E-state index in [1.807, 2.05) is 45.0 Å². The van der Waals surface area contributed by atoms with Crippen LogP contribution in [0.3, 0.4) is 0 Å². The summed E-state index contributed by atoms with van der Waals surface area (Å²) in [7, 11) is -3.07. The highest BCUT2D eigenvalue weighted by Crippen LogP contribution is 2.28. The largest absolute Gasteiger partial charge is 0.348 e. The fraction of sp³-hybridized carbons (Fsp3) is 0.381. The molecule has 1 aromatic carbocycles. The lowest BCUT2D eigenvalue weighted by Crippen LogP contribution is -2.35. The van der Waals surface area contributed by atoms with E-state index in [0.717, 1.165) is 11.1 Å². The van der Waals surface area contributed by atoms with Crippen LogP contribution >= 0.6 is 0 Å². The van der Waals surface area contributed by atoms with Gasteiger partial charge in [0.2, 0.25) is 0 Å². The Bertz CT molecular complexity index is 1200. The second-order valence-corrected chi connectivity index (χ2v) is 10.1. The van der Waals surface area contributed by atoms with Crippen LogP contribution in [-0.4, -0.2) is 46.6 Å². The van der Waals surface area contributed by atoms with Crippen LogP contribution in [-0.2, 0) is 9.84 Å². The zero-order valence-electron chi connectivity index (χ0n) is 16.7. The third kappa shape index (κ3) is 3.76. The molecule has 0 saturated carbocycles. The van der Waals surface area contributed by atoms with Crippen LogP contribution in [0.5, 0.6) is 0 Å². The van der Waals surface area contributed by atoms with Gasteiger partial charge >= 0.3 is 0 Å². The number of pyridine rings is 1. The van der Waals surface area contributed by atoms with E-state index in [-0.39, 0.29) is 29.5 Å². The molecule has 1 aliphatic heterocycles. The van der Waals surface area contributed by atoms with E-state index < -0.39 is 9.84 Å². The van der Waals surface area contributed by atoms with Gasteiger partial charge in [-0.2, -0.15) is 5.10 Å². The normalized spacial score (nSPS) is 18.4. The molecule has 1 fully saturated rings. The highest BCUT2D eigenvalue weighted by molar-refractivity contribution is 7.91. The Morgan fingerprint density at radius 1 is 1.28 bits per heavy atom. The monoisotopic (exact) mass is 412 g/mol. The molecule has 152 valence electrons. The van der Waals surface area contributed by atoms with Gasteiger partial charge in [-0.15, -0.1) is 0 Å². The van der Waals surface area contributed by atoms with Crippen molar-refractivity contribution in [1.29, 1.82) is 0 Å². The summed E-state index contributed by atoms with van der Waals surface area (Å²) in [5, 5.41) is 7.98. The highest BCUT2D eigenvalue weighted by atomic mass is 32.2. The summed E-state index contributed by atoms with van der Waals surface area (Å²) in [4.78, 5) is 17.9. The smallest absolute Gasteiger partial charge is 0.252 e. The van der Waals surface area contributed by atoms with E-state index in [2.05, 4.69) is 10.4 Å². The molecule has 7 nitrogen and oxygen atoms in total. The Morgan fingerprint density at radius 2 is 2.03 bits per heavy atom. The predicted octanol–water partition coefficient (Wildman–Crippen LogP) is 2.90. The molecule has 1 N–H and O–H groups in total. The van der Waals surface area contributed by atoms with Gasteiger partial charge in [0, 0.05) is 17.6 Å². The molecule has 1 unspecified atom stereocenters. The number of hydrogen-bond donors (Lipinski definition) is 1. The van der Waals surface area contributed by atoms with Crippen molar-refractivity contribution in [1.82, 2.24) is 20.1 Å². The van der Waals surface area contributed by atoms with Crippen LogP contribution in [0.15, 0.2) is 36.5 Å². The number of amides is 1. The first kappa shape index (κ1) is 19.6. The molecule has 1 amide bonds. The molecule has 0 bridgehead atoms. The maximum absolute atomic E-state index is 13.1. The Morgan fingerprint density at radius 3 is 2.69 bits per heavy atom. The first-order chi connectivity index (χ1) is 13.7. The van der Waals surface area contributed by atoms with Gasteiger partial charge in [0.05, 0.1) is 34.3 Å². The first-order valence-electron chi connectivity index (χ1n) is 9.71. The molecule has 29 heavy (non-hydrogen) atoms. The maximum Gasteiger partial charge on any atom is 0.252 e. The van der Waals surface area contributed by atoms with Gasteiger partial charge < -0.3 is 5.32 Å². The topological polar surface area (TPSA) is 94.0 Å². The number of carbonyl (C=O) groups excluding carboxylic acids is 1. The van der Waals surface area contributed by atoms with Crippen LogP contribution in [0.4, 0.5) is 0 Å². The summed E-state index contributed by atoms with van der Waals surface area (Å²) >= 11 is 0. The fourth-order valence-electron chi connectivity index (χ4n) is 3.75. The van der Waals surface area contributed by atoms with E-state index >= 15 is 0 Å². The molecule has 2 aromatic heterocycles. The summed E-state index contributed by atoms with van der Waals surface area (Å²) in [5.41, 5.74) is 3.81. The molecule has 3 heterocycles. The van der Waals surface area contributed by atoms with Gasteiger partial charge in [0.25, 0.3) is 5.91 Å². The zero-order valence-corrected chi connectivity index (χ0v) is 17.5. The van der Waals surface area contributed by atoms with Crippen molar-refractivity contribution in [2.75, 3.05) is 11.5 Å². The quantitative estimate of drug-likeness (QED) is 0.711. The van der Waals surface area contributed by atoms with Crippen molar-refractivity contribution >= 4 is 26.8 Å². The number of aryl methyl sites for hydroxylation is 1. The standard InChI is InChI=1S/C21H24N4O3S/c1-13(2)25-20-18(11-22-25)17(21(26)23-15-8-9-29(27,28)12-15)10-19(24-20)16-7-5-4-6-14(16)3/h4-7,10-11,13,15H,8-9,12H2,1-3H3,(H,23,26). The molecule has 0 aliphatic carbocycles. The number of aromatic nitrogens is 3. The Balaban J connectivity index is 1.82. The Kier molecular flexibility index (Phi) is 4.90. The molecule has 1 aliphatic rings. The molecular formula is C21H24N4O3S. The van der Waals surface area contributed by atoms with E-state index in [1.54, 1.807) is 16.9 Å². The van der Waals surface area contributed by atoms with Crippen LogP contribution in [0, 0.1) is 6.92 Å². The number of sulfone groups is 1. The van der Waals surface area contributed by atoms with Gasteiger partial charge in [-0.3, -0.25) is 4.79 Å². The van der Waals surface area contributed by atoms with E-state index in [4.69, 9.17) is 4.98 Å². The lowest BCUT2D eigenvalue weighted by atomic mass is 10.0. The number of nitrogens with one attached hydrogen (secondary N) is 1. The molecule has 4 rings (SSSR count). The fourth-order valence-corrected chi connectivity index (χ4v) is 5.43. The third-order valence-electron chi connectivity index (χ3n) is 5.29. The predicted molar refractivity (Wildman–Crippen MR) is 113 cm³/mol. The minimum absolute atomic E-state index is 0.0110. The van der Waals surface area contributed by atoms with Crippen molar-refractivity contribution in [2.24, 2.45) is 0 Å². The van der Waals surface area contributed by atoms with Gasteiger partial charge in [-0.05, 0) is 38.8 Å². The Hall–Kier alpha value is -2.74. The van der Waals surface area contributed by atoms with Crippen LogP contribution < -0.4 is 5.32 Å². The van der Waals surface area contributed by atoms with Gasteiger partial charge in [-0.25, -0.2) is 18.1 Å². The van der Waals surface area contributed by atoms with Crippen molar-refractivity contribution < 1.29 is 13.2 Å². The van der Waals surface area contributed by atoms with Crippen molar-refractivity contribution in [3.8, 4) is 11.3 Å². The lowest BCUT2D eigenvalue weighted by Gasteiger charge is -2.14. The third-order valence-corrected chi connectivity index (χ3v) is 7.06. The molecule has 0 spiro atoms. The Labute approximate surface area is 170 Å². The second-order valence-electron chi connectivity index (χ2n) is 7.86. The summed E-state index contributed by atoms with van der Waals surface area (Å²) < 4.78 is 25.3. The van der Waals surface area contributed by atoms with Crippen LogP contribution in [0.25, 0.3) is 22.3 Å². The van der Waals surface area contributed by atoms with E-state index in [1.165, 1.54) is 0 Å². The lowest BCUT2D eigenvalue weighted by molar-refractivity contribution is 0.0943. The zero-order chi connectivity index (χ0) is 20.8. The maximum atomic E-state index is 13.1. The molecule has 1 atom stereocenters. The van der Waals surface area contributed by atoms with Crippen molar-refractivity contribution in [3.05, 3.63) is 47.7 Å². The van der Waals surface area contributed by atoms with E-state index in [0.29, 0.717) is 28.7 Å². The number of rotatable bonds is 4. The van der Waals surface area contributed by atoms with Crippen LogP contribution in [0.1, 0.15) is 42.2 Å². The molecule has 8 heteroatoms. The minimum atomic E-state index is -3.07. The summed E-state index contributed by atoms with van der Waals surface area (Å²) in [6, 6.07) is 9.38. The molecule has 0 radical (unpaired) electrons. The highest BCUT2D eigenvalue weighted by Gasteiger charge is 2.30.